The molecule has 0 atom stereocenters. The Labute approximate surface area is 182 Å². The second kappa shape index (κ2) is 7.52. The van der Waals surface area contributed by atoms with Gasteiger partial charge in [-0.1, -0.05) is 18.2 Å². The minimum absolute atomic E-state index is 0.0357. The number of ether oxygens (including phenoxy) is 1. The van der Waals surface area contributed by atoms with Gasteiger partial charge in [-0.15, -0.1) is 0 Å². The average Bonchev–Trinajstić information content (AvgIpc) is 2.81. The van der Waals surface area contributed by atoms with Crippen molar-refractivity contribution in [1.82, 2.24) is 5.32 Å². The Morgan fingerprint density at radius 2 is 1.94 bits per heavy atom. The van der Waals surface area contributed by atoms with Crippen molar-refractivity contribution in [1.29, 1.82) is 0 Å². The molecule has 0 aliphatic carbocycles. The molecule has 3 aromatic rings. The second-order valence-electron chi connectivity index (χ2n) is 7.93. The molecule has 5 rings (SSSR count). The smallest absolute Gasteiger partial charge is 0.262 e. The third-order valence-corrected chi connectivity index (χ3v) is 5.85. The van der Waals surface area contributed by atoms with Crippen LogP contribution in [0.1, 0.15) is 27.0 Å². The van der Waals surface area contributed by atoms with Gasteiger partial charge in [-0.2, -0.15) is 0 Å². The fourth-order valence-electron chi connectivity index (χ4n) is 4.13. The minimum atomic E-state index is -0.615. The first-order valence-electron chi connectivity index (χ1n) is 10.2. The lowest BCUT2D eigenvalue weighted by atomic mass is 9.96. The molecule has 0 aromatic heterocycles. The van der Waals surface area contributed by atoms with Gasteiger partial charge >= 0.3 is 0 Å². The topological polar surface area (TPSA) is 131 Å². The van der Waals surface area contributed by atoms with Crippen LogP contribution in [0.3, 0.4) is 0 Å². The van der Waals surface area contributed by atoms with Gasteiger partial charge in [0.2, 0.25) is 0 Å². The number of fused-ring (bicyclic) bond motifs is 2. The molecule has 162 valence electrons. The number of carbonyl (C=O) groups is 2. The molecular formula is C23H20N4O5. The molecule has 0 saturated carbocycles. The van der Waals surface area contributed by atoms with Gasteiger partial charge in [0.1, 0.15) is 17.1 Å². The van der Waals surface area contributed by atoms with E-state index in [1.165, 1.54) is 5.56 Å². The number of nitrogen functional groups attached to an aromatic ring is 1. The number of amides is 2. The summed E-state index contributed by atoms with van der Waals surface area (Å²) in [6.07, 6.45) is 0.739. The summed E-state index contributed by atoms with van der Waals surface area (Å²) in [7, 11) is 0. The van der Waals surface area contributed by atoms with E-state index >= 15 is 0 Å². The maximum absolute atomic E-state index is 12.6. The van der Waals surface area contributed by atoms with Crippen LogP contribution < -0.4 is 36.9 Å². The van der Waals surface area contributed by atoms with Gasteiger partial charge in [0, 0.05) is 25.2 Å². The molecule has 2 amide bonds. The normalized spacial score (nSPS) is 14.9. The van der Waals surface area contributed by atoms with Crippen LogP contribution in [-0.2, 0) is 24.3 Å². The van der Waals surface area contributed by atoms with Crippen LogP contribution in [0.2, 0.25) is 0 Å². The molecule has 0 saturated heterocycles. The molecule has 32 heavy (non-hydrogen) atoms. The zero-order valence-corrected chi connectivity index (χ0v) is 17.1. The van der Waals surface area contributed by atoms with Gasteiger partial charge in [0.05, 0.1) is 5.69 Å². The summed E-state index contributed by atoms with van der Waals surface area (Å²) in [6, 6.07) is 10.9. The molecule has 2 heterocycles. The van der Waals surface area contributed by atoms with E-state index in [4.69, 9.17) is 10.5 Å². The standard InChI is InChI=1S/C23H20N4O5/c24-19-20(22(30)21(19)29)27-6-5-13-2-1-12(7-15(13)10-27)9-25-23(31)14-3-4-17-16(8-14)26-18(28)11-32-17/h1-4,7-8H,5-6,9-11,24H2,(H,25,31)(H,26,28). The predicted molar refractivity (Wildman–Crippen MR) is 119 cm³/mol. The monoisotopic (exact) mass is 432 g/mol. The molecule has 0 unspecified atom stereocenters. The van der Waals surface area contributed by atoms with E-state index in [9.17, 15) is 19.2 Å². The SMILES string of the molecule is Nc1c(N2CCc3ccc(CNC(=O)c4ccc5c(c4)NC(=O)CO5)cc3C2)c(=O)c1=O. The van der Waals surface area contributed by atoms with Crippen LogP contribution in [0.4, 0.5) is 17.1 Å². The van der Waals surface area contributed by atoms with E-state index in [2.05, 4.69) is 10.6 Å². The van der Waals surface area contributed by atoms with Gasteiger partial charge in [-0.3, -0.25) is 19.2 Å². The van der Waals surface area contributed by atoms with Gasteiger partial charge in [0.25, 0.3) is 22.7 Å². The minimum Gasteiger partial charge on any atom is -0.482 e. The molecule has 9 nitrogen and oxygen atoms in total. The quantitative estimate of drug-likeness (QED) is 0.517. The molecule has 0 bridgehead atoms. The Balaban J connectivity index is 1.27. The van der Waals surface area contributed by atoms with Crippen LogP contribution in [0.15, 0.2) is 46.0 Å². The first-order valence-corrected chi connectivity index (χ1v) is 10.2. The molecule has 2 aliphatic rings. The van der Waals surface area contributed by atoms with Crippen molar-refractivity contribution in [3.8, 4) is 5.75 Å². The van der Waals surface area contributed by atoms with Gasteiger partial charge < -0.3 is 26.0 Å². The van der Waals surface area contributed by atoms with Gasteiger partial charge in [-0.25, -0.2) is 0 Å². The fraction of sp³-hybridized carbons (Fsp3) is 0.217. The van der Waals surface area contributed by atoms with Gasteiger partial charge in [0.15, 0.2) is 6.61 Å². The van der Waals surface area contributed by atoms with Crippen LogP contribution >= 0.6 is 0 Å². The highest BCUT2D eigenvalue weighted by Crippen LogP contribution is 2.29. The van der Waals surface area contributed by atoms with Crippen LogP contribution in [-0.4, -0.2) is 25.0 Å². The van der Waals surface area contributed by atoms with E-state index in [-0.39, 0.29) is 24.1 Å². The lowest BCUT2D eigenvalue weighted by molar-refractivity contribution is -0.118. The summed E-state index contributed by atoms with van der Waals surface area (Å²) in [5.74, 6) is -0.00471. The number of hydrogen-bond donors (Lipinski definition) is 3. The number of anilines is 3. The highest BCUT2D eigenvalue weighted by atomic mass is 16.5. The van der Waals surface area contributed by atoms with Gasteiger partial charge in [-0.05, 0) is 41.3 Å². The van der Waals surface area contributed by atoms with Crippen molar-refractivity contribution in [2.24, 2.45) is 0 Å². The van der Waals surface area contributed by atoms with Crippen molar-refractivity contribution in [2.45, 2.75) is 19.5 Å². The lowest BCUT2D eigenvalue weighted by Crippen LogP contribution is -2.44. The fourth-order valence-corrected chi connectivity index (χ4v) is 4.13. The van der Waals surface area contributed by atoms with Crippen molar-refractivity contribution in [3.63, 3.8) is 0 Å². The van der Waals surface area contributed by atoms with E-state index in [0.29, 0.717) is 42.3 Å². The molecule has 2 aliphatic heterocycles. The number of rotatable bonds is 4. The summed E-state index contributed by atoms with van der Waals surface area (Å²) >= 11 is 0. The summed E-state index contributed by atoms with van der Waals surface area (Å²) in [6.45, 7) is 1.38. The molecule has 0 radical (unpaired) electrons. The first-order chi connectivity index (χ1) is 15.4. The Bertz CT molecular complexity index is 1340. The number of hydrogen-bond acceptors (Lipinski definition) is 7. The Morgan fingerprint density at radius 1 is 1.09 bits per heavy atom. The number of nitrogens with one attached hydrogen (secondary N) is 2. The van der Waals surface area contributed by atoms with Crippen molar-refractivity contribution in [2.75, 3.05) is 29.1 Å². The Hall–Kier alpha value is -4.14. The molecule has 3 aromatic carbocycles. The summed E-state index contributed by atoms with van der Waals surface area (Å²) in [4.78, 5) is 49.2. The van der Waals surface area contributed by atoms with Crippen LogP contribution in [0, 0.1) is 0 Å². The predicted octanol–water partition coefficient (Wildman–Crippen LogP) is 0.688. The zero-order chi connectivity index (χ0) is 22.4. The maximum Gasteiger partial charge on any atom is 0.262 e. The molecule has 0 fully saturated rings. The van der Waals surface area contributed by atoms with E-state index in [1.54, 1.807) is 18.2 Å². The van der Waals surface area contributed by atoms with Crippen molar-refractivity contribution < 1.29 is 14.3 Å². The highest BCUT2D eigenvalue weighted by Gasteiger charge is 2.27. The largest absolute Gasteiger partial charge is 0.482 e. The van der Waals surface area contributed by atoms with Crippen LogP contribution in [0.5, 0.6) is 5.75 Å². The number of carbonyl (C=O) groups excluding carboxylic acids is 2. The van der Waals surface area contributed by atoms with Crippen molar-refractivity contribution in [3.05, 3.63) is 79.1 Å². The third-order valence-electron chi connectivity index (χ3n) is 5.85. The number of benzene rings is 2. The Morgan fingerprint density at radius 3 is 2.75 bits per heavy atom. The number of nitrogens with two attached hydrogens (primary N) is 1. The summed E-state index contributed by atoms with van der Waals surface area (Å²) in [5, 5.41) is 5.57. The first kappa shape index (κ1) is 19.8. The molecular weight excluding hydrogens is 412 g/mol. The summed E-state index contributed by atoms with van der Waals surface area (Å²) < 4.78 is 5.31. The second-order valence-corrected chi connectivity index (χ2v) is 7.93. The lowest BCUT2D eigenvalue weighted by Gasteiger charge is -2.32. The summed E-state index contributed by atoms with van der Waals surface area (Å²) in [5.41, 5.74) is 8.90. The molecule has 4 N–H and O–H groups in total. The Kier molecular flexibility index (Phi) is 4.66. The van der Waals surface area contributed by atoms with E-state index in [0.717, 1.165) is 17.5 Å². The number of nitrogens with zero attached hydrogens (tertiary/aromatic N) is 1. The molecule has 9 heteroatoms. The average molecular weight is 432 g/mol. The van der Waals surface area contributed by atoms with E-state index in [1.807, 2.05) is 23.1 Å². The van der Waals surface area contributed by atoms with Crippen LogP contribution in [0.25, 0.3) is 0 Å². The zero-order valence-electron chi connectivity index (χ0n) is 17.1. The molecule has 0 spiro atoms. The highest BCUT2D eigenvalue weighted by molar-refractivity contribution is 5.99. The third kappa shape index (κ3) is 3.37. The van der Waals surface area contributed by atoms with E-state index < -0.39 is 10.9 Å². The maximum atomic E-state index is 12.6. The van der Waals surface area contributed by atoms with Crippen molar-refractivity contribution >= 4 is 28.9 Å².